The van der Waals surface area contributed by atoms with Crippen molar-refractivity contribution < 1.29 is 13.2 Å². The van der Waals surface area contributed by atoms with Gasteiger partial charge in [-0.3, -0.25) is 9.52 Å². The number of amides is 1. The number of carbonyl (C=O) groups is 1. The van der Waals surface area contributed by atoms with Gasteiger partial charge in [-0.2, -0.15) is 0 Å². The fourth-order valence-electron chi connectivity index (χ4n) is 0.596. The second-order valence-electron chi connectivity index (χ2n) is 3.14. The summed E-state index contributed by atoms with van der Waals surface area (Å²) in [4.78, 5) is 11.1. The molecule has 0 aromatic rings. The van der Waals surface area contributed by atoms with Crippen molar-refractivity contribution >= 4 is 15.9 Å². The van der Waals surface area contributed by atoms with Gasteiger partial charge in [-0.05, 0) is 12.8 Å². The zero-order valence-corrected chi connectivity index (χ0v) is 8.89. The Labute approximate surface area is 78.7 Å². The molecule has 0 aliphatic rings. The molecule has 5 nitrogen and oxygen atoms in total. The highest BCUT2D eigenvalue weighted by molar-refractivity contribution is 7.90. The highest BCUT2D eigenvalue weighted by Gasteiger charge is 2.21. The summed E-state index contributed by atoms with van der Waals surface area (Å²) in [5.74, 6) is -0.840. The van der Waals surface area contributed by atoms with Gasteiger partial charge in [0, 0.05) is 0 Å². The Hall–Kier alpha value is -0.620. The van der Waals surface area contributed by atoms with Crippen LogP contribution in [0.3, 0.4) is 0 Å². The summed E-state index contributed by atoms with van der Waals surface area (Å²) in [5.41, 5.74) is 5.45. The van der Waals surface area contributed by atoms with Gasteiger partial charge in [0.25, 0.3) is 5.91 Å². The van der Waals surface area contributed by atoms with Crippen LogP contribution in [-0.2, 0) is 14.8 Å². The molecule has 3 N–H and O–H groups in total. The number of sulfonamides is 1. The van der Waals surface area contributed by atoms with Crippen molar-refractivity contribution in [2.45, 2.75) is 26.8 Å². The lowest BCUT2D eigenvalue weighted by Gasteiger charge is -2.14. The monoisotopic (exact) mass is 208 g/mol. The Balaban J connectivity index is 4.33. The average Bonchev–Trinajstić information content (AvgIpc) is 2.02. The molecule has 0 bridgehead atoms. The number of hydrogen-bond donors (Lipinski definition) is 2. The fourth-order valence-corrected chi connectivity index (χ4v) is 1.18. The maximum atomic E-state index is 11.1. The van der Waals surface area contributed by atoms with Crippen molar-refractivity contribution in [1.29, 1.82) is 0 Å². The number of nitrogens with one attached hydrogen (secondary N) is 1. The molecule has 0 fully saturated rings. The van der Waals surface area contributed by atoms with Crippen LogP contribution < -0.4 is 10.5 Å². The molecule has 1 unspecified atom stereocenters. The van der Waals surface area contributed by atoms with E-state index in [1.54, 1.807) is 13.8 Å². The molecule has 0 rings (SSSR count). The fraction of sp³-hybridized carbons (Fsp3) is 0.857. The second kappa shape index (κ2) is 4.57. The number of nitrogens with two attached hydrogens (primary N) is 1. The first kappa shape index (κ1) is 12.4. The van der Waals surface area contributed by atoms with E-state index in [0.717, 1.165) is 0 Å². The standard InChI is InChI=1S/C7H16N2O3S/c1-4-13(11,12)9-7(10)6(8)5(2)3/h5-6H,4,8H2,1-3H3,(H,9,10). The minimum atomic E-state index is -3.48. The lowest BCUT2D eigenvalue weighted by Crippen LogP contribution is -2.46. The van der Waals surface area contributed by atoms with E-state index in [-0.39, 0.29) is 11.7 Å². The maximum absolute atomic E-state index is 11.1. The van der Waals surface area contributed by atoms with E-state index in [9.17, 15) is 13.2 Å². The van der Waals surface area contributed by atoms with Crippen LogP contribution in [0, 0.1) is 5.92 Å². The van der Waals surface area contributed by atoms with Crippen LogP contribution in [0.15, 0.2) is 0 Å². The molecule has 0 saturated carbocycles. The molecule has 0 heterocycles. The van der Waals surface area contributed by atoms with E-state index in [0.29, 0.717) is 0 Å². The SMILES string of the molecule is CCS(=O)(=O)NC(=O)C(N)C(C)C. The van der Waals surface area contributed by atoms with Crippen LogP contribution in [0.4, 0.5) is 0 Å². The van der Waals surface area contributed by atoms with Gasteiger partial charge in [0.05, 0.1) is 11.8 Å². The van der Waals surface area contributed by atoms with Crippen LogP contribution >= 0.6 is 0 Å². The minimum absolute atomic E-state index is 0.0768. The van der Waals surface area contributed by atoms with Crippen LogP contribution in [0.5, 0.6) is 0 Å². The normalized spacial score (nSPS) is 14.2. The first-order chi connectivity index (χ1) is 5.80. The van der Waals surface area contributed by atoms with Gasteiger partial charge < -0.3 is 5.73 Å². The third-order valence-electron chi connectivity index (χ3n) is 1.66. The van der Waals surface area contributed by atoms with Crippen LogP contribution in [-0.4, -0.2) is 26.1 Å². The Bertz CT molecular complexity index is 271. The van der Waals surface area contributed by atoms with Gasteiger partial charge in [0.1, 0.15) is 0 Å². The topological polar surface area (TPSA) is 89.3 Å². The largest absolute Gasteiger partial charge is 0.320 e. The summed E-state index contributed by atoms with van der Waals surface area (Å²) in [7, 11) is -3.48. The van der Waals surface area contributed by atoms with Gasteiger partial charge >= 0.3 is 0 Å². The van der Waals surface area contributed by atoms with Gasteiger partial charge in [0.2, 0.25) is 10.0 Å². The highest BCUT2D eigenvalue weighted by atomic mass is 32.2. The van der Waals surface area contributed by atoms with E-state index in [4.69, 9.17) is 5.73 Å². The predicted molar refractivity (Wildman–Crippen MR) is 50.4 cm³/mol. The first-order valence-electron chi connectivity index (χ1n) is 4.10. The molecule has 13 heavy (non-hydrogen) atoms. The summed E-state index contributed by atoms with van der Waals surface area (Å²) in [6.45, 7) is 4.96. The van der Waals surface area contributed by atoms with E-state index < -0.39 is 22.0 Å². The molecule has 6 heteroatoms. The molecular weight excluding hydrogens is 192 g/mol. The summed E-state index contributed by atoms with van der Waals surface area (Å²) in [6, 6.07) is -0.777. The third kappa shape index (κ3) is 4.23. The Morgan fingerprint density at radius 3 is 2.23 bits per heavy atom. The van der Waals surface area contributed by atoms with Gasteiger partial charge in [-0.1, -0.05) is 13.8 Å². The van der Waals surface area contributed by atoms with Gasteiger partial charge in [-0.25, -0.2) is 8.42 Å². The van der Waals surface area contributed by atoms with E-state index in [1.165, 1.54) is 6.92 Å². The molecule has 0 aliphatic heterocycles. The van der Waals surface area contributed by atoms with Crippen LogP contribution in [0.2, 0.25) is 0 Å². The summed E-state index contributed by atoms with van der Waals surface area (Å²) < 4.78 is 23.8. The van der Waals surface area contributed by atoms with Crippen molar-refractivity contribution in [3.05, 3.63) is 0 Å². The molecular formula is C7H16N2O3S. The highest BCUT2D eigenvalue weighted by Crippen LogP contribution is 1.98. The molecule has 0 radical (unpaired) electrons. The smallest absolute Gasteiger partial charge is 0.250 e. The molecule has 0 aromatic carbocycles. The van der Waals surface area contributed by atoms with E-state index in [1.807, 2.05) is 4.72 Å². The minimum Gasteiger partial charge on any atom is -0.320 e. The van der Waals surface area contributed by atoms with E-state index in [2.05, 4.69) is 0 Å². The lowest BCUT2D eigenvalue weighted by atomic mass is 10.1. The van der Waals surface area contributed by atoms with Crippen molar-refractivity contribution in [2.75, 3.05) is 5.75 Å². The second-order valence-corrected chi connectivity index (χ2v) is 5.15. The molecule has 1 atom stereocenters. The zero-order valence-electron chi connectivity index (χ0n) is 8.07. The Morgan fingerprint density at radius 1 is 1.46 bits per heavy atom. The average molecular weight is 208 g/mol. The van der Waals surface area contributed by atoms with Crippen molar-refractivity contribution in [2.24, 2.45) is 11.7 Å². The zero-order chi connectivity index (χ0) is 10.6. The van der Waals surface area contributed by atoms with Crippen molar-refractivity contribution in [3.8, 4) is 0 Å². The van der Waals surface area contributed by atoms with Gasteiger partial charge in [-0.15, -0.1) is 0 Å². The maximum Gasteiger partial charge on any atom is 0.250 e. The molecule has 1 amide bonds. The third-order valence-corrected chi connectivity index (χ3v) is 2.93. The van der Waals surface area contributed by atoms with Crippen molar-refractivity contribution in [1.82, 2.24) is 4.72 Å². The molecule has 78 valence electrons. The predicted octanol–water partition coefficient (Wildman–Crippen LogP) is -0.564. The first-order valence-corrected chi connectivity index (χ1v) is 5.75. The molecule has 0 aliphatic carbocycles. The summed E-state index contributed by atoms with van der Waals surface area (Å²) in [6.07, 6.45) is 0. The molecule has 0 spiro atoms. The van der Waals surface area contributed by atoms with Crippen LogP contribution in [0.25, 0.3) is 0 Å². The van der Waals surface area contributed by atoms with Crippen molar-refractivity contribution in [3.63, 3.8) is 0 Å². The summed E-state index contributed by atoms with van der Waals surface area (Å²) >= 11 is 0. The number of rotatable bonds is 4. The van der Waals surface area contributed by atoms with Crippen LogP contribution in [0.1, 0.15) is 20.8 Å². The lowest BCUT2D eigenvalue weighted by molar-refractivity contribution is -0.121. The number of hydrogen-bond acceptors (Lipinski definition) is 4. The molecule has 0 aromatic heterocycles. The number of carbonyl (C=O) groups excluding carboxylic acids is 1. The summed E-state index contributed by atoms with van der Waals surface area (Å²) in [5, 5.41) is 0. The Kier molecular flexibility index (Phi) is 4.35. The van der Waals surface area contributed by atoms with E-state index >= 15 is 0 Å². The quantitative estimate of drug-likeness (QED) is 0.648. The molecule has 0 saturated heterocycles. The van der Waals surface area contributed by atoms with Gasteiger partial charge in [0.15, 0.2) is 0 Å². The Morgan fingerprint density at radius 2 is 1.92 bits per heavy atom.